The molecule has 258 valence electrons. The maximum Gasteiger partial charge on any atom is 0.145 e. The Labute approximate surface area is 324 Å². The number of benzene rings is 9. The zero-order valence-corrected chi connectivity index (χ0v) is 30.4. The fraction of sp³-hybridized carbons (Fsp3) is 0.0185. The molecule has 1 heterocycles. The van der Waals surface area contributed by atoms with E-state index in [1.165, 1.54) is 88.7 Å². The third-order valence-corrected chi connectivity index (χ3v) is 12.8. The number of nitrogens with zero attached hydrogens (tertiary/aromatic N) is 2. The van der Waals surface area contributed by atoms with Crippen molar-refractivity contribution in [2.24, 2.45) is 0 Å². The lowest BCUT2D eigenvalue weighted by atomic mass is 9.68. The summed E-state index contributed by atoms with van der Waals surface area (Å²) in [6.45, 7) is 0. The molecule has 9 aromatic carbocycles. The van der Waals surface area contributed by atoms with Crippen molar-refractivity contribution >= 4 is 21.8 Å². The van der Waals surface area contributed by atoms with Crippen molar-refractivity contribution in [1.82, 2.24) is 9.55 Å². The van der Waals surface area contributed by atoms with E-state index in [0.717, 1.165) is 28.1 Å². The van der Waals surface area contributed by atoms with Crippen LogP contribution in [0.1, 0.15) is 22.3 Å². The maximum atomic E-state index is 5.18. The Bertz CT molecular complexity index is 3300. The summed E-state index contributed by atoms with van der Waals surface area (Å²) < 4.78 is 2.28. The van der Waals surface area contributed by atoms with Gasteiger partial charge in [0.05, 0.1) is 16.4 Å². The first-order chi connectivity index (χ1) is 27.8. The third kappa shape index (κ3) is 3.69. The van der Waals surface area contributed by atoms with Crippen LogP contribution in [0.5, 0.6) is 0 Å². The molecule has 0 saturated carbocycles. The number of hydrogen-bond donors (Lipinski definition) is 0. The molecule has 0 amide bonds. The summed E-state index contributed by atoms with van der Waals surface area (Å²) >= 11 is 0. The van der Waals surface area contributed by atoms with Crippen LogP contribution < -0.4 is 0 Å². The summed E-state index contributed by atoms with van der Waals surface area (Å²) in [7, 11) is 0. The Morgan fingerprint density at radius 3 is 1.80 bits per heavy atom. The molecule has 13 rings (SSSR count). The van der Waals surface area contributed by atoms with Gasteiger partial charge in [0.25, 0.3) is 0 Å². The molecular weight excluding hydrogens is 677 g/mol. The van der Waals surface area contributed by atoms with E-state index in [9.17, 15) is 0 Å². The third-order valence-electron chi connectivity index (χ3n) is 12.8. The summed E-state index contributed by atoms with van der Waals surface area (Å²) in [4.78, 5) is 5.18. The van der Waals surface area contributed by atoms with E-state index in [4.69, 9.17) is 4.98 Å². The summed E-state index contributed by atoms with van der Waals surface area (Å²) in [6.07, 6.45) is 0. The number of hydrogen-bond acceptors (Lipinski definition) is 1. The van der Waals surface area contributed by atoms with Gasteiger partial charge in [-0.2, -0.15) is 0 Å². The number of rotatable bonds is 3. The van der Waals surface area contributed by atoms with Crippen LogP contribution in [-0.4, -0.2) is 9.55 Å². The number of aromatic nitrogens is 2. The number of imidazole rings is 1. The molecule has 1 unspecified atom stereocenters. The van der Waals surface area contributed by atoms with Crippen LogP contribution in [0.3, 0.4) is 0 Å². The van der Waals surface area contributed by atoms with E-state index in [1.54, 1.807) is 0 Å². The quantitative estimate of drug-likeness (QED) is 0.179. The Morgan fingerprint density at radius 1 is 0.393 bits per heavy atom. The summed E-state index contributed by atoms with van der Waals surface area (Å²) in [5.74, 6) is 0.939. The van der Waals surface area contributed by atoms with Crippen molar-refractivity contribution in [2.45, 2.75) is 5.41 Å². The minimum atomic E-state index is -0.493. The van der Waals surface area contributed by atoms with Crippen LogP contribution in [0.4, 0.5) is 0 Å². The molecule has 0 saturated heterocycles. The molecule has 1 aromatic heterocycles. The van der Waals surface area contributed by atoms with Gasteiger partial charge in [-0.25, -0.2) is 4.98 Å². The summed E-state index contributed by atoms with van der Waals surface area (Å²) in [6, 6.07) is 71.8. The van der Waals surface area contributed by atoms with Gasteiger partial charge in [-0.3, -0.25) is 4.57 Å². The average Bonchev–Trinajstić information content (AvgIpc) is 3.99. The van der Waals surface area contributed by atoms with Gasteiger partial charge in [-0.1, -0.05) is 164 Å². The molecule has 2 nitrogen and oxygen atoms in total. The van der Waals surface area contributed by atoms with Gasteiger partial charge >= 0.3 is 0 Å². The van der Waals surface area contributed by atoms with Gasteiger partial charge < -0.3 is 0 Å². The SMILES string of the molecule is c1ccc(-n2c(-c3ccc(-c4cccc5c4C4(c6ccccc6-5)c5ccccc5-c5c4cc4c6c(cccc56)-c5ccccc5-4)cc3)nc3ccccc32)cc1. The predicted molar refractivity (Wildman–Crippen MR) is 230 cm³/mol. The van der Waals surface area contributed by atoms with Crippen LogP contribution in [0, 0.1) is 0 Å². The second-order valence-corrected chi connectivity index (χ2v) is 15.4. The van der Waals surface area contributed by atoms with Crippen LogP contribution >= 0.6 is 0 Å². The van der Waals surface area contributed by atoms with E-state index in [1.807, 2.05) is 0 Å². The largest absolute Gasteiger partial charge is 0.292 e. The highest BCUT2D eigenvalue weighted by molar-refractivity contribution is 6.21. The molecule has 0 bridgehead atoms. The normalized spacial score (nSPS) is 15.2. The molecule has 1 atom stereocenters. The zero-order valence-electron chi connectivity index (χ0n) is 30.4. The first-order valence-corrected chi connectivity index (χ1v) is 19.5. The van der Waals surface area contributed by atoms with Gasteiger partial charge in [0, 0.05) is 11.3 Å². The fourth-order valence-corrected chi connectivity index (χ4v) is 10.7. The fourth-order valence-electron chi connectivity index (χ4n) is 10.7. The second-order valence-electron chi connectivity index (χ2n) is 15.4. The minimum absolute atomic E-state index is 0.493. The predicted octanol–water partition coefficient (Wildman–Crippen LogP) is 13.5. The zero-order chi connectivity index (χ0) is 36.5. The van der Waals surface area contributed by atoms with Crippen molar-refractivity contribution < 1.29 is 0 Å². The first-order valence-electron chi connectivity index (χ1n) is 19.5. The van der Waals surface area contributed by atoms with Crippen molar-refractivity contribution in [2.75, 3.05) is 0 Å². The molecule has 56 heavy (non-hydrogen) atoms. The Kier molecular flexibility index (Phi) is 5.86. The first kappa shape index (κ1) is 30.1. The lowest BCUT2D eigenvalue weighted by Gasteiger charge is -2.32. The highest BCUT2D eigenvalue weighted by Gasteiger charge is 2.53. The molecule has 3 aliphatic rings. The van der Waals surface area contributed by atoms with Gasteiger partial charge in [0.2, 0.25) is 0 Å². The number of para-hydroxylation sites is 3. The Morgan fingerprint density at radius 2 is 0.982 bits per heavy atom. The van der Waals surface area contributed by atoms with Crippen molar-refractivity contribution in [3.63, 3.8) is 0 Å². The Balaban J connectivity index is 1.08. The van der Waals surface area contributed by atoms with Gasteiger partial charge in [0.1, 0.15) is 5.82 Å². The van der Waals surface area contributed by atoms with Crippen LogP contribution in [0.15, 0.2) is 194 Å². The maximum absolute atomic E-state index is 5.18. The standard InChI is InChI=1S/C54H32N2/c1-2-14-35(15-3-1)56-49-27-11-10-26-48(49)55-53(56)34-30-28-33(29-31-34)36-20-12-22-41-39-18-6-8-24-45(39)54(52(36)41)46-25-9-7-19-42(46)51-43-23-13-21-40-37-16-4-5-17-38(37)44(50(40)43)32-47(51)54/h1-32H. The van der Waals surface area contributed by atoms with Crippen molar-refractivity contribution in [3.05, 3.63) is 216 Å². The molecule has 0 radical (unpaired) electrons. The Hall–Kier alpha value is -7.29. The lowest BCUT2D eigenvalue weighted by Crippen LogP contribution is -2.26. The van der Waals surface area contributed by atoms with Crippen LogP contribution in [0.25, 0.3) is 94.5 Å². The molecule has 2 heteroatoms. The van der Waals surface area contributed by atoms with E-state index in [0.29, 0.717) is 0 Å². The molecule has 0 fully saturated rings. The molecule has 3 aliphatic carbocycles. The van der Waals surface area contributed by atoms with Crippen LogP contribution in [-0.2, 0) is 5.41 Å². The highest BCUT2D eigenvalue weighted by atomic mass is 15.1. The van der Waals surface area contributed by atoms with Gasteiger partial charge in [0.15, 0.2) is 0 Å². The highest BCUT2D eigenvalue weighted by Crippen LogP contribution is 2.67. The lowest BCUT2D eigenvalue weighted by molar-refractivity contribution is 0.797. The smallest absolute Gasteiger partial charge is 0.145 e. The van der Waals surface area contributed by atoms with E-state index in [2.05, 4.69) is 199 Å². The summed E-state index contributed by atoms with van der Waals surface area (Å²) in [5.41, 5.74) is 22.3. The van der Waals surface area contributed by atoms with Crippen LogP contribution in [0.2, 0.25) is 0 Å². The van der Waals surface area contributed by atoms with Gasteiger partial charge in [-0.05, 0) is 119 Å². The van der Waals surface area contributed by atoms with E-state index in [-0.39, 0.29) is 0 Å². The second kappa shape index (κ2) is 10.9. The van der Waals surface area contributed by atoms with E-state index < -0.39 is 5.41 Å². The van der Waals surface area contributed by atoms with Crippen molar-refractivity contribution in [3.8, 4) is 72.7 Å². The molecule has 10 aromatic rings. The monoisotopic (exact) mass is 708 g/mol. The van der Waals surface area contributed by atoms with Gasteiger partial charge in [-0.15, -0.1) is 0 Å². The molecule has 0 aliphatic heterocycles. The molecular formula is C54H32N2. The molecule has 0 N–H and O–H groups in total. The topological polar surface area (TPSA) is 17.8 Å². The minimum Gasteiger partial charge on any atom is -0.292 e. The number of fused-ring (bicyclic) bond motifs is 15. The average molecular weight is 709 g/mol. The van der Waals surface area contributed by atoms with Crippen molar-refractivity contribution in [1.29, 1.82) is 0 Å². The molecule has 1 spiro atoms. The van der Waals surface area contributed by atoms with E-state index >= 15 is 0 Å². The summed E-state index contributed by atoms with van der Waals surface area (Å²) in [5, 5.41) is 2.71.